The summed E-state index contributed by atoms with van der Waals surface area (Å²) in [5.74, 6) is 0.495. The number of alkyl halides is 1. The van der Waals surface area contributed by atoms with E-state index in [0.29, 0.717) is 23.7 Å². The number of carbonyl (C=O) groups excluding carboxylic acids is 2. The fourth-order valence-electron chi connectivity index (χ4n) is 2.90. The third kappa shape index (κ3) is 4.79. The molecule has 4 heterocycles. The molecule has 0 atom stereocenters. The first-order valence-electron chi connectivity index (χ1n) is 8.84. The van der Waals surface area contributed by atoms with Crippen LogP contribution in [-0.4, -0.2) is 44.8 Å². The number of carbonyl (C=O) groups is 2. The van der Waals surface area contributed by atoms with Gasteiger partial charge in [-0.15, -0.1) is 11.3 Å². The predicted octanol–water partition coefficient (Wildman–Crippen LogP) is 2.27. The SMILES string of the molecule is O=C1CN(Cc2ncc(-c3cccc(Nc4cc(CF)ccn4)n3)s2)CC(=O)N1. The van der Waals surface area contributed by atoms with E-state index < -0.39 is 6.67 Å². The van der Waals surface area contributed by atoms with E-state index in [1.165, 1.54) is 11.3 Å². The Morgan fingerprint density at radius 2 is 1.97 bits per heavy atom. The summed E-state index contributed by atoms with van der Waals surface area (Å²) in [6, 6.07) is 8.78. The van der Waals surface area contributed by atoms with Crippen molar-refractivity contribution < 1.29 is 14.0 Å². The van der Waals surface area contributed by atoms with E-state index in [1.807, 2.05) is 12.1 Å². The van der Waals surface area contributed by atoms with Crippen LogP contribution in [0.25, 0.3) is 10.6 Å². The molecule has 3 aromatic heterocycles. The number of halogens is 1. The van der Waals surface area contributed by atoms with E-state index in [4.69, 9.17) is 0 Å². The maximum atomic E-state index is 12.8. The Hall–Kier alpha value is -3.24. The van der Waals surface area contributed by atoms with Crippen LogP contribution in [-0.2, 0) is 22.8 Å². The van der Waals surface area contributed by atoms with Gasteiger partial charge >= 0.3 is 0 Å². The summed E-state index contributed by atoms with van der Waals surface area (Å²) >= 11 is 1.45. The quantitative estimate of drug-likeness (QED) is 0.599. The van der Waals surface area contributed by atoms with E-state index in [2.05, 4.69) is 25.6 Å². The van der Waals surface area contributed by atoms with Gasteiger partial charge in [-0.25, -0.2) is 19.3 Å². The van der Waals surface area contributed by atoms with Gasteiger partial charge in [0.2, 0.25) is 11.8 Å². The monoisotopic (exact) mass is 412 g/mol. The van der Waals surface area contributed by atoms with Crippen LogP contribution in [0.4, 0.5) is 16.0 Å². The zero-order chi connectivity index (χ0) is 20.2. The molecule has 3 aromatic rings. The highest BCUT2D eigenvalue weighted by Gasteiger charge is 2.23. The topological polar surface area (TPSA) is 100 Å². The molecule has 29 heavy (non-hydrogen) atoms. The van der Waals surface area contributed by atoms with Gasteiger partial charge in [-0.05, 0) is 29.8 Å². The Morgan fingerprint density at radius 3 is 2.76 bits per heavy atom. The number of pyridine rings is 2. The number of nitrogens with one attached hydrogen (secondary N) is 2. The first kappa shape index (κ1) is 19.1. The molecule has 0 spiro atoms. The number of hydrogen-bond donors (Lipinski definition) is 2. The van der Waals surface area contributed by atoms with Crippen LogP contribution in [0.1, 0.15) is 10.6 Å². The Bertz CT molecular complexity index is 1040. The summed E-state index contributed by atoms with van der Waals surface area (Å²) < 4.78 is 12.8. The number of rotatable bonds is 6. The molecule has 1 saturated heterocycles. The Balaban J connectivity index is 1.47. The van der Waals surface area contributed by atoms with Crippen molar-refractivity contribution in [3.8, 4) is 10.6 Å². The number of hydrogen-bond acceptors (Lipinski definition) is 8. The zero-order valence-corrected chi connectivity index (χ0v) is 16.1. The maximum Gasteiger partial charge on any atom is 0.240 e. The molecule has 0 bridgehead atoms. The van der Waals surface area contributed by atoms with Gasteiger partial charge in [0.15, 0.2) is 0 Å². The van der Waals surface area contributed by atoms with Gasteiger partial charge in [0.1, 0.15) is 23.3 Å². The molecule has 0 saturated carbocycles. The lowest BCUT2D eigenvalue weighted by molar-refractivity contribution is -0.136. The highest BCUT2D eigenvalue weighted by molar-refractivity contribution is 7.15. The van der Waals surface area contributed by atoms with E-state index in [9.17, 15) is 14.0 Å². The van der Waals surface area contributed by atoms with Gasteiger partial charge in [0.05, 0.1) is 30.2 Å². The van der Waals surface area contributed by atoms with Gasteiger partial charge in [-0.3, -0.25) is 19.8 Å². The van der Waals surface area contributed by atoms with Crippen molar-refractivity contribution in [2.24, 2.45) is 0 Å². The molecule has 10 heteroatoms. The van der Waals surface area contributed by atoms with Crippen molar-refractivity contribution >= 4 is 34.8 Å². The second-order valence-electron chi connectivity index (χ2n) is 6.45. The lowest BCUT2D eigenvalue weighted by Crippen LogP contribution is -2.50. The van der Waals surface area contributed by atoms with E-state index in [-0.39, 0.29) is 24.9 Å². The Morgan fingerprint density at radius 1 is 1.14 bits per heavy atom. The summed E-state index contributed by atoms with van der Waals surface area (Å²) in [5, 5.41) is 6.15. The molecule has 8 nitrogen and oxygen atoms in total. The van der Waals surface area contributed by atoms with Crippen molar-refractivity contribution in [2.75, 3.05) is 18.4 Å². The largest absolute Gasteiger partial charge is 0.325 e. The number of anilines is 2. The molecule has 148 valence electrons. The Kier molecular flexibility index (Phi) is 5.54. The highest BCUT2D eigenvalue weighted by atomic mass is 32.1. The molecule has 0 unspecified atom stereocenters. The summed E-state index contributed by atoms with van der Waals surface area (Å²) in [4.78, 5) is 38.7. The third-order valence-electron chi connectivity index (χ3n) is 4.16. The van der Waals surface area contributed by atoms with Crippen molar-refractivity contribution in [2.45, 2.75) is 13.2 Å². The minimum Gasteiger partial charge on any atom is -0.325 e. The van der Waals surface area contributed by atoms with Crippen LogP contribution < -0.4 is 10.6 Å². The van der Waals surface area contributed by atoms with Gasteiger partial charge in [0, 0.05) is 12.4 Å². The van der Waals surface area contributed by atoms with Crippen LogP contribution in [0, 0.1) is 0 Å². The van der Waals surface area contributed by atoms with Crippen LogP contribution in [0.15, 0.2) is 42.7 Å². The molecule has 1 aliphatic rings. The van der Waals surface area contributed by atoms with Gasteiger partial charge in [-0.1, -0.05) is 6.07 Å². The van der Waals surface area contributed by atoms with Crippen LogP contribution >= 0.6 is 11.3 Å². The standard InChI is InChI=1S/C19H17FN6O2S/c20-7-12-4-5-21-16(6-12)24-15-3-1-2-13(23-15)14-8-22-19(29-14)11-26-9-17(27)25-18(28)10-26/h1-6,8H,7,9-11H2,(H,21,23,24)(H,25,27,28). The average Bonchev–Trinajstić information content (AvgIpc) is 3.16. The second kappa shape index (κ2) is 8.41. The zero-order valence-electron chi connectivity index (χ0n) is 15.3. The molecule has 0 aromatic carbocycles. The lowest BCUT2D eigenvalue weighted by Gasteiger charge is -2.23. The predicted molar refractivity (Wildman–Crippen MR) is 106 cm³/mol. The van der Waals surface area contributed by atoms with Crippen molar-refractivity contribution in [3.05, 3.63) is 53.3 Å². The minimum absolute atomic E-state index is 0.170. The number of amides is 2. The number of piperazine rings is 1. The van der Waals surface area contributed by atoms with E-state index >= 15 is 0 Å². The number of thiazole rings is 1. The molecule has 2 amide bonds. The molecule has 0 aliphatic carbocycles. The summed E-state index contributed by atoms with van der Waals surface area (Å²) in [5.41, 5.74) is 1.27. The summed E-state index contributed by atoms with van der Waals surface area (Å²) in [7, 11) is 0. The lowest BCUT2D eigenvalue weighted by atomic mass is 10.3. The van der Waals surface area contributed by atoms with Crippen LogP contribution in [0.3, 0.4) is 0 Å². The third-order valence-corrected chi connectivity index (χ3v) is 5.17. The summed E-state index contributed by atoms with van der Waals surface area (Å²) in [6.07, 6.45) is 3.27. The van der Waals surface area contributed by atoms with Crippen molar-refractivity contribution in [1.29, 1.82) is 0 Å². The van der Waals surface area contributed by atoms with Gasteiger partial charge in [0.25, 0.3) is 0 Å². The Labute approximate surface area is 169 Å². The molecular formula is C19H17FN6O2S. The molecule has 0 radical (unpaired) electrons. The first-order valence-corrected chi connectivity index (χ1v) is 9.66. The van der Waals surface area contributed by atoms with E-state index in [1.54, 1.807) is 35.5 Å². The highest BCUT2D eigenvalue weighted by Crippen LogP contribution is 2.27. The smallest absolute Gasteiger partial charge is 0.240 e. The second-order valence-corrected chi connectivity index (χ2v) is 7.57. The van der Waals surface area contributed by atoms with Gasteiger partial charge in [-0.2, -0.15) is 0 Å². The average molecular weight is 412 g/mol. The maximum absolute atomic E-state index is 12.8. The van der Waals surface area contributed by atoms with Crippen LogP contribution in [0.2, 0.25) is 0 Å². The van der Waals surface area contributed by atoms with Crippen LogP contribution in [0.5, 0.6) is 0 Å². The van der Waals surface area contributed by atoms with Gasteiger partial charge < -0.3 is 5.32 Å². The molecule has 1 fully saturated rings. The minimum atomic E-state index is -0.557. The number of imide groups is 1. The van der Waals surface area contributed by atoms with E-state index in [0.717, 1.165) is 15.6 Å². The molecular weight excluding hydrogens is 395 g/mol. The molecule has 4 rings (SSSR count). The number of nitrogens with zero attached hydrogens (tertiary/aromatic N) is 4. The fourth-order valence-corrected chi connectivity index (χ4v) is 3.83. The summed E-state index contributed by atoms with van der Waals surface area (Å²) in [6.45, 7) is 0.201. The van der Waals surface area contributed by atoms with Crippen molar-refractivity contribution in [1.82, 2.24) is 25.2 Å². The fraction of sp³-hybridized carbons (Fsp3) is 0.211. The number of aromatic nitrogens is 3. The molecule has 2 N–H and O–H groups in total. The molecule has 1 aliphatic heterocycles. The normalized spacial score (nSPS) is 14.7. The van der Waals surface area contributed by atoms with Crippen molar-refractivity contribution in [3.63, 3.8) is 0 Å². The first-order chi connectivity index (χ1) is 14.1.